The number of hydrogen-bond donors (Lipinski definition) is 6. The second kappa shape index (κ2) is 23.1. The quantitative estimate of drug-likeness (QED) is 0.0824. The summed E-state index contributed by atoms with van der Waals surface area (Å²) in [5.41, 5.74) is 4.99. The van der Waals surface area contributed by atoms with Gasteiger partial charge in [-0.3, -0.25) is 19.2 Å². The van der Waals surface area contributed by atoms with Gasteiger partial charge in [-0.1, -0.05) is 26.2 Å². The van der Waals surface area contributed by atoms with Crippen molar-refractivity contribution in [2.45, 2.75) is 104 Å². The number of carboxylic acid groups (broad SMARTS) is 2. The molecule has 1 aliphatic heterocycles. The molecule has 292 valence electrons. The molecule has 6 N–H and O–H groups in total. The van der Waals surface area contributed by atoms with Crippen LogP contribution < -0.4 is 16.0 Å². The van der Waals surface area contributed by atoms with Crippen LogP contribution in [-0.2, 0) is 38.6 Å². The van der Waals surface area contributed by atoms with Crippen LogP contribution in [0.5, 0.6) is 0 Å². The Kier molecular flexibility index (Phi) is 18.7. The smallest absolute Gasteiger partial charge is 0.303 e. The van der Waals surface area contributed by atoms with E-state index < -0.39 is 11.9 Å². The summed E-state index contributed by atoms with van der Waals surface area (Å²) < 4.78 is 7.48. The van der Waals surface area contributed by atoms with Gasteiger partial charge in [0.2, 0.25) is 5.91 Å². The van der Waals surface area contributed by atoms with E-state index in [1.165, 1.54) is 0 Å². The lowest BCUT2D eigenvalue weighted by atomic mass is 10.0. The van der Waals surface area contributed by atoms with Gasteiger partial charge in [0.15, 0.2) is 5.65 Å². The normalized spacial score (nSPS) is 13.0. The van der Waals surface area contributed by atoms with E-state index in [4.69, 9.17) is 25.0 Å². The highest BCUT2D eigenvalue weighted by Crippen LogP contribution is 2.31. The Bertz CT molecular complexity index is 1590. The molecular formula is C38H57N7O8. The number of ether oxygens (including phenoxy) is 1. The molecule has 3 aromatic rings. The van der Waals surface area contributed by atoms with Crippen molar-refractivity contribution in [3.8, 4) is 0 Å². The summed E-state index contributed by atoms with van der Waals surface area (Å²) in [6.45, 7) is 8.56. The zero-order chi connectivity index (χ0) is 38.6. The molecule has 0 aliphatic carbocycles. The number of aryl methyl sites for hydroxylation is 2. The number of nitrogens with one attached hydrogen (secondary N) is 3. The van der Waals surface area contributed by atoms with Crippen LogP contribution in [0.3, 0.4) is 0 Å². The molecule has 3 heterocycles. The van der Waals surface area contributed by atoms with E-state index in [0.29, 0.717) is 30.8 Å². The van der Waals surface area contributed by atoms with Gasteiger partial charge in [-0.15, -0.1) is 0 Å². The van der Waals surface area contributed by atoms with Gasteiger partial charge in [0.05, 0.1) is 36.7 Å². The molecule has 0 spiro atoms. The number of rotatable bonds is 21. The predicted octanol–water partition coefficient (Wildman–Crippen LogP) is 4.67. The Labute approximate surface area is 311 Å². The summed E-state index contributed by atoms with van der Waals surface area (Å²) in [6, 6.07) is 7.32. The zero-order valence-electron chi connectivity index (χ0n) is 31.4. The number of aliphatic carboxylic acids is 2. The number of carbonyl (C=O) groups excluding carboxylic acids is 2. The van der Waals surface area contributed by atoms with Crippen molar-refractivity contribution in [2.24, 2.45) is 0 Å². The molecule has 2 amide bonds. The van der Waals surface area contributed by atoms with Crippen molar-refractivity contribution in [2.75, 3.05) is 50.6 Å². The Morgan fingerprint density at radius 2 is 1.58 bits per heavy atom. The van der Waals surface area contributed by atoms with Gasteiger partial charge in [-0.25, -0.2) is 9.67 Å². The number of amides is 2. The predicted molar refractivity (Wildman–Crippen MR) is 203 cm³/mol. The minimum atomic E-state index is -1.08. The van der Waals surface area contributed by atoms with Gasteiger partial charge in [0.1, 0.15) is 0 Å². The van der Waals surface area contributed by atoms with Gasteiger partial charge < -0.3 is 40.9 Å². The summed E-state index contributed by atoms with van der Waals surface area (Å²) in [7, 11) is 2.02. The van der Waals surface area contributed by atoms with E-state index in [1.54, 1.807) is 24.3 Å². The third-order valence-corrected chi connectivity index (χ3v) is 9.01. The Hall–Kier alpha value is -4.60. The highest BCUT2D eigenvalue weighted by Gasteiger charge is 2.22. The molecule has 1 aliphatic rings. The fraction of sp³-hybridized carbons (Fsp3) is 0.579. The molecule has 15 nitrogen and oxygen atoms in total. The Morgan fingerprint density at radius 1 is 0.925 bits per heavy atom. The van der Waals surface area contributed by atoms with E-state index in [0.717, 1.165) is 106 Å². The number of hydrogen-bond acceptors (Lipinski definition) is 10. The van der Waals surface area contributed by atoms with Crippen LogP contribution in [0, 0.1) is 0 Å². The summed E-state index contributed by atoms with van der Waals surface area (Å²) in [4.78, 5) is 52.0. The van der Waals surface area contributed by atoms with Crippen LogP contribution in [-0.4, -0.2) is 105 Å². The minimum absolute atomic E-state index is 0.0131. The molecule has 4 rings (SSSR count). The van der Waals surface area contributed by atoms with E-state index in [-0.39, 0.29) is 37.3 Å². The number of aromatic nitrogens is 3. The van der Waals surface area contributed by atoms with Gasteiger partial charge in [-0.2, -0.15) is 5.10 Å². The number of carbonyl (C=O) groups is 4. The van der Waals surface area contributed by atoms with E-state index in [9.17, 15) is 19.2 Å². The van der Waals surface area contributed by atoms with E-state index in [2.05, 4.69) is 39.8 Å². The van der Waals surface area contributed by atoms with Gasteiger partial charge in [0.25, 0.3) is 5.91 Å². The number of aliphatic hydroxyl groups is 1. The fourth-order valence-corrected chi connectivity index (χ4v) is 5.99. The lowest BCUT2D eigenvalue weighted by molar-refractivity contribution is -0.143. The van der Waals surface area contributed by atoms with Crippen molar-refractivity contribution in [3.05, 3.63) is 47.3 Å². The maximum atomic E-state index is 13.2. The highest BCUT2D eigenvalue weighted by atomic mass is 16.5. The van der Waals surface area contributed by atoms with Crippen molar-refractivity contribution in [1.29, 1.82) is 0 Å². The number of carboxylic acids is 2. The Morgan fingerprint density at radius 3 is 2.21 bits per heavy atom. The first kappa shape index (κ1) is 42.8. The minimum Gasteiger partial charge on any atom is -0.481 e. The first-order chi connectivity index (χ1) is 25.6. The third-order valence-electron chi connectivity index (χ3n) is 9.01. The average Bonchev–Trinajstić information content (AvgIpc) is 3.57. The first-order valence-corrected chi connectivity index (χ1v) is 18.7. The fourth-order valence-electron chi connectivity index (χ4n) is 5.99. The first-order valence-electron chi connectivity index (χ1n) is 18.7. The molecule has 1 fully saturated rings. The second-order valence-electron chi connectivity index (χ2n) is 13.1. The molecule has 1 aromatic carbocycles. The van der Waals surface area contributed by atoms with Gasteiger partial charge in [0, 0.05) is 67.8 Å². The van der Waals surface area contributed by atoms with Crippen molar-refractivity contribution in [3.63, 3.8) is 0 Å². The maximum Gasteiger partial charge on any atom is 0.303 e. The number of unbranched alkanes of at least 4 members (excludes halogenated alkanes) is 4. The molecule has 0 bridgehead atoms. The van der Waals surface area contributed by atoms with Crippen LogP contribution in [0.25, 0.3) is 11.0 Å². The van der Waals surface area contributed by atoms with Gasteiger partial charge in [-0.05, 0) is 76.9 Å². The van der Waals surface area contributed by atoms with Crippen LogP contribution >= 0.6 is 0 Å². The number of benzene rings is 1. The third kappa shape index (κ3) is 14.7. The molecule has 2 aromatic heterocycles. The number of anilines is 2. The van der Waals surface area contributed by atoms with Crippen molar-refractivity contribution < 1.29 is 39.2 Å². The monoisotopic (exact) mass is 739 g/mol. The summed E-state index contributed by atoms with van der Waals surface area (Å²) in [6.07, 6.45) is 9.54. The van der Waals surface area contributed by atoms with Crippen LogP contribution in [0.15, 0.2) is 30.5 Å². The highest BCUT2D eigenvalue weighted by molar-refractivity contribution is 5.96. The molecule has 15 heteroatoms. The van der Waals surface area contributed by atoms with Crippen LogP contribution in [0.2, 0.25) is 0 Å². The number of likely N-dealkylation sites (N-methyl/N-ethyl adjacent to an activating group) is 1. The second-order valence-corrected chi connectivity index (χ2v) is 13.1. The van der Waals surface area contributed by atoms with Crippen molar-refractivity contribution >= 4 is 46.2 Å². The standard InChI is InChI=1S/C34H51N7O4.C4H6O4/c1-4-30-28(32(38-27-16-21-45-22-17-27)29-24-36-41(5-2)33(29)39-30)23-35-34(44)25-12-14-26(15-13-25)37-31(43)11-9-7-6-8-10-18-40(3)19-20-42;5-3(6)1-2-4(7)8/h12-15,24,27,42H,4-11,16-23H2,1-3H3,(H,35,44)(H,37,43)(H,38,39);1-2H2,(H,5,6)(H,7,8). The SMILES string of the molecule is CCc1nc2c(cnn2CC)c(NC2CCOCC2)c1CNC(=O)c1ccc(NC(=O)CCCCCCCN(C)CCO)cc1.O=C(O)CCC(=O)O. The summed E-state index contributed by atoms with van der Waals surface area (Å²) >= 11 is 0. The molecular weight excluding hydrogens is 682 g/mol. The number of fused-ring (bicyclic) bond motifs is 1. The summed E-state index contributed by atoms with van der Waals surface area (Å²) in [5.74, 6) is -2.35. The van der Waals surface area contributed by atoms with E-state index >= 15 is 0 Å². The van der Waals surface area contributed by atoms with Crippen LogP contribution in [0.4, 0.5) is 11.4 Å². The average molecular weight is 740 g/mol. The number of nitrogens with zero attached hydrogens (tertiary/aromatic N) is 4. The molecule has 0 saturated carbocycles. The maximum absolute atomic E-state index is 13.2. The number of aliphatic hydroxyl groups excluding tert-OH is 1. The zero-order valence-corrected chi connectivity index (χ0v) is 31.4. The lowest BCUT2D eigenvalue weighted by Crippen LogP contribution is -2.30. The molecule has 0 radical (unpaired) electrons. The molecule has 1 saturated heterocycles. The summed E-state index contributed by atoms with van der Waals surface area (Å²) in [5, 5.41) is 40.1. The van der Waals surface area contributed by atoms with Crippen LogP contribution in [0.1, 0.15) is 99.7 Å². The Balaban J connectivity index is 0.000000846. The molecule has 0 atom stereocenters. The molecule has 0 unspecified atom stereocenters. The van der Waals surface area contributed by atoms with E-state index in [1.807, 2.05) is 17.9 Å². The number of pyridine rings is 1. The molecule has 53 heavy (non-hydrogen) atoms. The largest absolute Gasteiger partial charge is 0.481 e. The lowest BCUT2D eigenvalue weighted by Gasteiger charge is -2.26. The van der Waals surface area contributed by atoms with Gasteiger partial charge >= 0.3 is 11.9 Å². The van der Waals surface area contributed by atoms with Crippen molar-refractivity contribution in [1.82, 2.24) is 25.0 Å². The topological polar surface area (TPSA) is 208 Å².